The van der Waals surface area contributed by atoms with Crippen molar-refractivity contribution in [3.63, 3.8) is 0 Å². The van der Waals surface area contributed by atoms with E-state index in [-0.39, 0.29) is 6.03 Å². The second kappa shape index (κ2) is 6.95. The molecule has 1 rings (SSSR count). The van der Waals surface area contributed by atoms with E-state index in [0.717, 1.165) is 5.69 Å². The van der Waals surface area contributed by atoms with Crippen LogP contribution in [0.1, 0.15) is 19.4 Å². The Balaban J connectivity index is 0.000000791. The number of carbonyl (C=O) groups is 1. The molecule has 0 bridgehead atoms. The van der Waals surface area contributed by atoms with Crippen LogP contribution in [0.2, 0.25) is 0 Å². The SMILES string of the molecule is CC.CNC(=O)Nc1ccc(C)cc1. The van der Waals surface area contributed by atoms with Crippen LogP contribution in [0.4, 0.5) is 10.5 Å². The van der Waals surface area contributed by atoms with Gasteiger partial charge in [-0.25, -0.2) is 4.79 Å². The van der Waals surface area contributed by atoms with Gasteiger partial charge >= 0.3 is 6.03 Å². The zero-order valence-electron chi connectivity index (χ0n) is 9.22. The summed E-state index contributed by atoms with van der Waals surface area (Å²) in [5.74, 6) is 0. The fourth-order valence-electron chi connectivity index (χ4n) is 0.830. The third kappa shape index (κ3) is 4.50. The van der Waals surface area contributed by atoms with Crippen LogP contribution in [0, 0.1) is 6.92 Å². The summed E-state index contributed by atoms with van der Waals surface area (Å²) in [6.07, 6.45) is 0. The molecule has 0 spiro atoms. The Morgan fingerprint density at radius 2 is 1.64 bits per heavy atom. The summed E-state index contributed by atoms with van der Waals surface area (Å²) in [5, 5.41) is 5.15. The first-order valence-corrected chi connectivity index (χ1v) is 4.78. The van der Waals surface area contributed by atoms with E-state index in [1.54, 1.807) is 7.05 Å². The molecule has 0 aliphatic carbocycles. The third-order valence-corrected chi connectivity index (χ3v) is 1.54. The van der Waals surface area contributed by atoms with E-state index in [1.165, 1.54) is 5.56 Å². The maximum Gasteiger partial charge on any atom is 0.318 e. The molecule has 2 amide bonds. The van der Waals surface area contributed by atoms with Crippen molar-refractivity contribution in [3.8, 4) is 0 Å². The fourth-order valence-corrected chi connectivity index (χ4v) is 0.830. The van der Waals surface area contributed by atoms with E-state index in [9.17, 15) is 4.79 Å². The minimum atomic E-state index is -0.196. The first-order valence-electron chi connectivity index (χ1n) is 4.78. The Hall–Kier alpha value is -1.51. The van der Waals surface area contributed by atoms with Crippen LogP contribution in [0.3, 0.4) is 0 Å². The van der Waals surface area contributed by atoms with E-state index in [4.69, 9.17) is 0 Å². The van der Waals surface area contributed by atoms with Crippen molar-refractivity contribution >= 4 is 11.7 Å². The summed E-state index contributed by atoms with van der Waals surface area (Å²) >= 11 is 0. The van der Waals surface area contributed by atoms with Crippen molar-refractivity contribution in [2.24, 2.45) is 0 Å². The van der Waals surface area contributed by atoms with Crippen LogP contribution in [-0.2, 0) is 0 Å². The highest BCUT2D eigenvalue weighted by Crippen LogP contribution is 2.07. The summed E-state index contributed by atoms with van der Waals surface area (Å²) in [6, 6.07) is 7.44. The van der Waals surface area contributed by atoms with E-state index in [2.05, 4.69) is 10.6 Å². The number of rotatable bonds is 1. The molecule has 3 heteroatoms. The predicted octanol–water partition coefficient (Wildman–Crippen LogP) is 2.77. The van der Waals surface area contributed by atoms with Gasteiger partial charge < -0.3 is 10.6 Å². The summed E-state index contributed by atoms with van der Waals surface area (Å²) in [7, 11) is 1.59. The van der Waals surface area contributed by atoms with Crippen molar-refractivity contribution in [1.29, 1.82) is 0 Å². The largest absolute Gasteiger partial charge is 0.341 e. The van der Waals surface area contributed by atoms with Gasteiger partial charge in [0.1, 0.15) is 0 Å². The van der Waals surface area contributed by atoms with Crippen LogP contribution in [0.15, 0.2) is 24.3 Å². The molecule has 0 aromatic heterocycles. The summed E-state index contributed by atoms with van der Waals surface area (Å²) in [6.45, 7) is 6.00. The Morgan fingerprint density at radius 1 is 1.14 bits per heavy atom. The maximum absolute atomic E-state index is 10.8. The monoisotopic (exact) mass is 194 g/mol. The highest BCUT2D eigenvalue weighted by atomic mass is 16.2. The molecule has 1 aromatic carbocycles. The number of hydrogen-bond donors (Lipinski definition) is 2. The molecule has 0 aliphatic heterocycles. The summed E-state index contributed by atoms with van der Waals surface area (Å²) in [4.78, 5) is 10.8. The van der Waals surface area contributed by atoms with Gasteiger partial charge in [-0.15, -0.1) is 0 Å². The van der Waals surface area contributed by atoms with Crippen molar-refractivity contribution in [2.45, 2.75) is 20.8 Å². The van der Waals surface area contributed by atoms with Gasteiger partial charge in [-0.1, -0.05) is 31.5 Å². The first-order chi connectivity index (χ1) is 6.72. The Morgan fingerprint density at radius 3 is 2.07 bits per heavy atom. The zero-order valence-corrected chi connectivity index (χ0v) is 9.22. The number of aryl methyl sites for hydroxylation is 1. The molecule has 0 unspecified atom stereocenters. The van der Waals surface area contributed by atoms with E-state index in [1.807, 2.05) is 45.0 Å². The fraction of sp³-hybridized carbons (Fsp3) is 0.364. The van der Waals surface area contributed by atoms with Gasteiger partial charge in [0, 0.05) is 12.7 Å². The van der Waals surface area contributed by atoms with E-state index < -0.39 is 0 Å². The lowest BCUT2D eigenvalue weighted by molar-refractivity contribution is 0.254. The highest BCUT2D eigenvalue weighted by Gasteiger charge is 1.95. The minimum absolute atomic E-state index is 0.196. The molecule has 3 nitrogen and oxygen atoms in total. The Bertz CT molecular complexity index is 267. The minimum Gasteiger partial charge on any atom is -0.341 e. The molecule has 0 heterocycles. The molecular formula is C11H18N2O. The molecule has 0 saturated carbocycles. The average molecular weight is 194 g/mol. The van der Waals surface area contributed by atoms with Crippen LogP contribution in [0.25, 0.3) is 0 Å². The number of hydrogen-bond acceptors (Lipinski definition) is 1. The van der Waals surface area contributed by atoms with Gasteiger partial charge in [-0.2, -0.15) is 0 Å². The van der Waals surface area contributed by atoms with Gasteiger partial charge in [0.05, 0.1) is 0 Å². The standard InChI is InChI=1S/C9H12N2O.C2H6/c1-7-3-5-8(6-4-7)11-9(12)10-2;1-2/h3-6H,1-2H3,(H2,10,11,12);1-2H3. The molecule has 14 heavy (non-hydrogen) atoms. The van der Waals surface area contributed by atoms with Crippen LogP contribution in [0.5, 0.6) is 0 Å². The molecule has 0 radical (unpaired) electrons. The second-order valence-corrected chi connectivity index (χ2v) is 2.57. The van der Waals surface area contributed by atoms with E-state index in [0.29, 0.717) is 0 Å². The van der Waals surface area contributed by atoms with Gasteiger partial charge in [-0.05, 0) is 19.1 Å². The zero-order chi connectivity index (χ0) is 11.0. The number of benzene rings is 1. The van der Waals surface area contributed by atoms with E-state index >= 15 is 0 Å². The van der Waals surface area contributed by atoms with Gasteiger partial charge in [-0.3, -0.25) is 0 Å². The molecule has 0 atom stereocenters. The number of nitrogens with one attached hydrogen (secondary N) is 2. The molecule has 1 aromatic rings. The van der Waals surface area contributed by atoms with Crippen molar-refractivity contribution in [2.75, 3.05) is 12.4 Å². The van der Waals surface area contributed by atoms with Gasteiger partial charge in [0.25, 0.3) is 0 Å². The summed E-state index contributed by atoms with van der Waals surface area (Å²) < 4.78 is 0. The quantitative estimate of drug-likeness (QED) is 0.709. The van der Waals surface area contributed by atoms with Crippen LogP contribution < -0.4 is 10.6 Å². The number of amides is 2. The van der Waals surface area contributed by atoms with Gasteiger partial charge in [0.2, 0.25) is 0 Å². The average Bonchev–Trinajstić information content (AvgIpc) is 2.24. The van der Waals surface area contributed by atoms with Crippen LogP contribution >= 0.6 is 0 Å². The lowest BCUT2D eigenvalue weighted by Gasteiger charge is -2.03. The van der Waals surface area contributed by atoms with Crippen molar-refractivity contribution in [3.05, 3.63) is 29.8 Å². The maximum atomic E-state index is 10.8. The highest BCUT2D eigenvalue weighted by molar-refractivity contribution is 5.88. The van der Waals surface area contributed by atoms with Crippen LogP contribution in [-0.4, -0.2) is 13.1 Å². The molecule has 78 valence electrons. The second-order valence-electron chi connectivity index (χ2n) is 2.57. The molecule has 0 aliphatic rings. The Labute approximate surface area is 85.5 Å². The number of carbonyl (C=O) groups excluding carboxylic acids is 1. The number of anilines is 1. The lowest BCUT2D eigenvalue weighted by atomic mass is 10.2. The molecule has 2 N–H and O–H groups in total. The molecule has 0 saturated heterocycles. The smallest absolute Gasteiger partial charge is 0.318 e. The van der Waals surface area contributed by atoms with Gasteiger partial charge in [0.15, 0.2) is 0 Å². The molecule has 0 fully saturated rings. The normalized spacial score (nSPS) is 8.29. The first kappa shape index (κ1) is 12.5. The predicted molar refractivity (Wildman–Crippen MR) is 60.6 cm³/mol. The topological polar surface area (TPSA) is 41.1 Å². The Kier molecular flexibility index (Phi) is 6.20. The molecular weight excluding hydrogens is 176 g/mol. The third-order valence-electron chi connectivity index (χ3n) is 1.54. The lowest BCUT2D eigenvalue weighted by Crippen LogP contribution is -2.24. The number of urea groups is 1. The summed E-state index contributed by atoms with van der Waals surface area (Å²) in [5.41, 5.74) is 1.98. The van der Waals surface area contributed by atoms with Crippen molar-refractivity contribution < 1.29 is 4.79 Å². The van der Waals surface area contributed by atoms with Crippen molar-refractivity contribution in [1.82, 2.24) is 5.32 Å².